The standard InChI is InChI=1S/C27H27ClN2O3/c1-17-15-21(28)11-14-24(17)30(19(3)31)26-16-18(2)29(25-8-6-5-7-23(25)26)27(32)20-9-12-22(33-4)13-10-20/h5-15,18,26H,16H2,1-4H3. The van der Waals surface area contributed by atoms with Crippen molar-refractivity contribution in [1.29, 1.82) is 0 Å². The van der Waals surface area contributed by atoms with Crippen LogP contribution in [-0.2, 0) is 4.79 Å². The Hall–Kier alpha value is -3.31. The highest BCUT2D eigenvalue weighted by atomic mass is 35.5. The third-order valence-electron chi connectivity index (χ3n) is 6.19. The zero-order chi connectivity index (χ0) is 23.7. The fraction of sp³-hybridized carbons (Fsp3) is 0.259. The molecule has 0 spiro atoms. The topological polar surface area (TPSA) is 49.9 Å². The van der Waals surface area contributed by atoms with Crippen molar-refractivity contribution in [2.24, 2.45) is 0 Å². The van der Waals surface area contributed by atoms with Gasteiger partial charge in [0.25, 0.3) is 5.91 Å². The molecular formula is C27H27ClN2O3. The highest BCUT2D eigenvalue weighted by Gasteiger charge is 2.38. The number of amides is 2. The number of hydrogen-bond donors (Lipinski definition) is 0. The lowest BCUT2D eigenvalue weighted by Crippen LogP contribution is -2.47. The average molecular weight is 463 g/mol. The van der Waals surface area contributed by atoms with Crippen LogP contribution in [0.2, 0.25) is 5.02 Å². The monoisotopic (exact) mass is 462 g/mol. The van der Waals surface area contributed by atoms with Gasteiger partial charge in [-0.25, -0.2) is 0 Å². The number of carbonyl (C=O) groups excluding carboxylic acids is 2. The van der Waals surface area contributed by atoms with Crippen molar-refractivity contribution in [3.05, 3.63) is 88.4 Å². The van der Waals surface area contributed by atoms with Gasteiger partial charge in [0.2, 0.25) is 5.91 Å². The summed E-state index contributed by atoms with van der Waals surface area (Å²) in [5.41, 5.74) is 4.11. The summed E-state index contributed by atoms with van der Waals surface area (Å²) in [6, 6.07) is 20.2. The second-order valence-corrected chi connectivity index (χ2v) is 8.82. The van der Waals surface area contributed by atoms with Crippen LogP contribution in [0.5, 0.6) is 5.75 Å². The van der Waals surface area contributed by atoms with Crippen LogP contribution in [-0.4, -0.2) is 25.0 Å². The Kier molecular flexibility index (Phi) is 6.43. The van der Waals surface area contributed by atoms with Crippen LogP contribution in [0.15, 0.2) is 66.7 Å². The van der Waals surface area contributed by atoms with Crippen LogP contribution in [0.25, 0.3) is 0 Å². The molecule has 1 aliphatic rings. The van der Waals surface area contributed by atoms with Gasteiger partial charge >= 0.3 is 0 Å². The molecule has 170 valence electrons. The van der Waals surface area contributed by atoms with E-state index in [1.165, 1.54) is 0 Å². The molecule has 5 nitrogen and oxygen atoms in total. The minimum Gasteiger partial charge on any atom is -0.497 e. The number of aryl methyl sites for hydroxylation is 1. The van der Waals surface area contributed by atoms with E-state index in [9.17, 15) is 9.59 Å². The molecule has 0 aromatic heterocycles. The van der Waals surface area contributed by atoms with E-state index in [-0.39, 0.29) is 23.9 Å². The van der Waals surface area contributed by atoms with Gasteiger partial charge in [0.15, 0.2) is 0 Å². The second-order valence-electron chi connectivity index (χ2n) is 8.38. The van der Waals surface area contributed by atoms with Crippen molar-refractivity contribution in [2.75, 3.05) is 16.9 Å². The number of methoxy groups -OCH3 is 1. The first-order chi connectivity index (χ1) is 15.8. The van der Waals surface area contributed by atoms with E-state index >= 15 is 0 Å². The third-order valence-corrected chi connectivity index (χ3v) is 6.42. The van der Waals surface area contributed by atoms with E-state index in [1.54, 1.807) is 44.4 Å². The maximum absolute atomic E-state index is 13.5. The van der Waals surface area contributed by atoms with Gasteiger partial charge in [-0.1, -0.05) is 29.8 Å². The van der Waals surface area contributed by atoms with E-state index in [2.05, 4.69) is 0 Å². The normalized spacial score (nSPS) is 17.3. The second kappa shape index (κ2) is 9.28. The molecular weight excluding hydrogens is 436 g/mol. The van der Waals surface area contributed by atoms with Crippen molar-refractivity contribution in [3.63, 3.8) is 0 Å². The molecule has 1 aliphatic heterocycles. The minimum absolute atomic E-state index is 0.0534. The van der Waals surface area contributed by atoms with E-state index in [0.29, 0.717) is 22.8 Å². The van der Waals surface area contributed by atoms with Crippen molar-refractivity contribution >= 4 is 34.8 Å². The van der Waals surface area contributed by atoms with E-state index in [4.69, 9.17) is 16.3 Å². The minimum atomic E-state index is -0.200. The number of rotatable bonds is 4. The lowest BCUT2D eigenvalue weighted by Gasteiger charge is -2.43. The predicted molar refractivity (Wildman–Crippen MR) is 132 cm³/mol. The van der Waals surface area contributed by atoms with Crippen LogP contribution < -0.4 is 14.5 Å². The molecule has 2 amide bonds. The summed E-state index contributed by atoms with van der Waals surface area (Å²) in [7, 11) is 1.60. The first-order valence-electron chi connectivity index (χ1n) is 10.9. The third kappa shape index (κ3) is 4.33. The first kappa shape index (κ1) is 22.9. The maximum atomic E-state index is 13.5. The zero-order valence-electron chi connectivity index (χ0n) is 19.2. The fourth-order valence-corrected chi connectivity index (χ4v) is 4.88. The van der Waals surface area contributed by atoms with Gasteiger partial charge in [0.1, 0.15) is 5.75 Å². The maximum Gasteiger partial charge on any atom is 0.258 e. The molecule has 4 rings (SSSR count). The quantitative estimate of drug-likeness (QED) is 0.464. The van der Waals surface area contributed by atoms with Gasteiger partial charge in [0.05, 0.1) is 13.2 Å². The first-order valence-corrected chi connectivity index (χ1v) is 11.3. The molecule has 0 radical (unpaired) electrons. The van der Waals surface area contributed by atoms with E-state index in [1.807, 2.05) is 60.0 Å². The summed E-state index contributed by atoms with van der Waals surface area (Å²) in [5.74, 6) is 0.574. The fourth-order valence-electron chi connectivity index (χ4n) is 4.65. The van der Waals surface area contributed by atoms with Crippen molar-refractivity contribution < 1.29 is 14.3 Å². The Morgan fingerprint density at radius 1 is 1.06 bits per heavy atom. The van der Waals surface area contributed by atoms with Crippen LogP contribution in [0.1, 0.15) is 47.8 Å². The molecule has 3 aromatic rings. The Bertz CT molecular complexity index is 1190. The largest absolute Gasteiger partial charge is 0.497 e. The van der Waals surface area contributed by atoms with Gasteiger partial charge in [-0.15, -0.1) is 0 Å². The number of para-hydroxylation sites is 1. The van der Waals surface area contributed by atoms with E-state index in [0.717, 1.165) is 22.5 Å². The summed E-state index contributed by atoms with van der Waals surface area (Å²) >= 11 is 6.17. The van der Waals surface area contributed by atoms with Crippen molar-refractivity contribution in [1.82, 2.24) is 0 Å². The molecule has 6 heteroatoms. The Labute approximate surface area is 199 Å². The number of halogens is 1. The van der Waals surface area contributed by atoms with Crippen LogP contribution in [0.3, 0.4) is 0 Å². The van der Waals surface area contributed by atoms with Gasteiger partial charge in [-0.05, 0) is 79.9 Å². The van der Waals surface area contributed by atoms with Crippen molar-refractivity contribution in [3.8, 4) is 5.75 Å². The molecule has 1 heterocycles. The lowest BCUT2D eigenvalue weighted by atomic mass is 9.89. The number of anilines is 2. The number of nitrogens with zero attached hydrogens (tertiary/aromatic N) is 2. The molecule has 33 heavy (non-hydrogen) atoms. The van der Waals surface area contributed by atoms with E-state index < -0.39 is 0 Å². The summed E-state index contributed by atoms with van der Waals surface area (Å²) in [4.78, 5) is 30.1. The van der Waals surface area contributed by atoms with Gasteiger partial charge < -0.3 is 14.5 Å². The summed E-state index contributed by atoms with van der Waals surface area (Å²) in [6.45, 7) is 5.56. The molecule has 0 fully saturated rings. The molecule has 0 aliphatic carbocycles. The molecule has 0 saturated heterocycles. The summed E-state index contributed by atoms with van der Waals surface area (Å²) < 4.78 is 5.22. The number of hydrogen-bond acceptors (Lipinski definition) is 3. The summed E-state index contributed by atoms with van der Waals surface area (Å²) in [6.07, 6.45) is 0.612. The van der Waals surface area contributed by atoms with Crippen LogP contribution in [0, 0.1) is 6.92 Å². The average Bonchev–Trinajstić information content (AvgIpc) is 2.80. The molecule has 0 bridgehead atoms. The van der Waals surface area contributed by atoms with Crippen molar-refractivity contribution in [2.45, 2.75) is 39.3 Å². The Balaban J connectivity index is 1.77. The molecule has 2 unspecified atom stereocenters. The molecule has 2 atom stereocenters. The highest BCUT2D eigenvalue weighted by Crippen LogP contribution is 2.43. The van der Waals surface area contributed by atoms with Gasteiger partial charge in [-0.3, -0.25) is 9.59 Å². The molecule has 0 saturated carbocycles. The number of fused-ring (bicyclic) bond motifs is 1. The SMILES string of the molecule is COc1ccc(C(=O)N2c3ccccc3C(N(C(C)=O)c3ccc(Cl)cc3C)CC2C)cc1. The number of benzene rings is 3. The smallest absolute Gasteiger partial charge is 0.258 e. The number of ether oxygens (including phenoxy) is 1. The highest BCUT2D eigenvalue weighted by molar-refractivity contribution is 6.30. The van der Waals surface area contributed by atoms with Gasteiger partial charge in [0, 0.05) is 34.9 Å². The molecule has 0 N–H and O–H groups in total. The van der Waals surface area contributed by atoms with Gasteiger partial charge in [-0.2, -0.15) is 0 Å². The zero-order valence-corrected chi connectivity index (χ0v) is 20.0. The Morgan fingerprint density at radius 2 is 1.76 bits per heavy atom. The number of carbonyl (C=O) groups is 2. The lowest BCUT2D eigenvalue weighted by molar-refractivity contribution is -0.117. The Morgan fingerprint density at radius 3 is 2.39 bits per heavy atom. The van der Waals surface area contributed by atoms with Crippen LogP contribution >= 0.6 is 11.6 Å². The predicted octanol–water partition coefficient (Wildman–Crippen LogP) is 6.19. The molecule has 3 aromatic carbocycles. The van der Waals surface area contributed by atoms with Crippen LogP contribution in [0.4, 0.5) is 11.4 Å². The summed E-state index contributed by atoms with van der Waals surface area (Å²) in [5, 5.41) is 0.633.